The molecule has 0 radical (unpaired) electrons. The highest BCUT2D eigenvalue weighted by molar-refractivity contribution is 6.34. The van der Waals surface area contributed by atoms with Gasteiger partial charge in [0.1, 0.15) is 13.2 Å². The number of halogens is 1. The second kappa shape index (κ2) is 5.55. The van der Waals surface area contributed by atoms with Gasteiger partial charge in [-0.05, 0) is 12.1 Å². The van der Waals surface area contributed by atoms with Gasteiger partial charge in [0, 0.05) is 12.1 Å². The van der Waals surface area contributed by atoms with Crippen LogP contribution in [-0.4, -0.2) is 25.9 Å². The smallest absolute Gasteiger partial charge is 0.259 e. The van der Waals surface area contributed by atoms with Gasteiger partial charge in [-0.2, -0.15) is 0 Å². The van der Waals surface area contributed by atoms with Crippen LogP contribution in [-0.2, 0) is 0 Å². The molecule has 0 unspecified atom stereocenters. The SMILES string of the molecule is O=C(Nc1cc2c(cc1Cl)OCO2)c1cccc2c1OCCO2. The normalized spacial score (nSPS) is 14.5. The number of carbonyl (C=O) groups is 1. The summed E-state index contributed by atoms with van der Waals surface area (Å²) in [4.78, 5) is 12.6. The summed E-state index contributed by atoms with van der Waals surface area (Å²) in [7, 11) is 0. The van der Waals surface area contributed by atoms with Gasteiger partial charge < -0.3 is 24.3 Å². The maximum absolute atomic E-state index is 12.6. The molecule has 6 nitrogen and oxygen atoms in total. The molecule has 23 heavy (non-hydrogen) atoms. The molecule has 2 heterocycles. The van der Waals surface area contributed by atoms with Crippen LogP contribution >= 0.6 is 11.6 Å². The van der Waals surface area contributed by atoms with E-state index >= 15 is 0 Å². The van der Waals surface area contributed by atoms with Crippen molar-refractivity contribution in [3.05, 3.63) is 40.9 Å². The molecule has 2 aromatic rings. The van der Waals surface area contributed by atoms with Crippen LogP contribution in [0.4, 0.5) is 5.69 Å². The highest BCUT2D eigenvalue weighted by Gasteiger charge is 2.22. The number of benzene rings is 2. The second-order valence-corrected chi connectivity index (χ2v) is 5.38. The summed E-state index contributed by atoms with van der Waals surface area (Å²) in [5.41, 5.74) is 0.825. The van der Waals surface area contributed by atoms with Crippen LogP contribution in [0.1, 0.15) is 10.4 Å². The molecule has 4 rings (SSSR count). The zero-order chi connectivity index (χ0) is 15.8. The van der Waals surface area contributed by atoms with E-state index in [1.54, 1.807) is 30.3 Å². The number of hydrogen-bond acceptors (Lipinski definition) is 5. The zero-order valence-corrected chi connectivity index (χ0v) is 12.7. The number of anilines is 1. The van der Waals surface area contributed by atoms with Crippen molar-refractivity contribution in [2.75, 3.05) is 25.3 Å². The van der Waals surface area contributed by atoms with Crippen LogP contribution in [0.2, 0.25) is 5.02 Å². The van der Waals surface area contributed by atoms with Gasteiger partial charge in [-0.3, -0.25) is 4.79 Å². The molecule has 1 amide bonds. The number of fused-ring (bicyclic) bond motifs is 2. The van der Waals surface area contributed by atoms with Crippen LogP contribution in [0.15, 0.2) is 30.3 Å². The molecule has 0 aromatic heterocycles. The van der Waals surface area contributed by atoms with Crippen molar-refractivity contribution in [1.29, 1.82) is 0 Å². The van der Waals surface area contributed by atoms with Crippen molar-refractivity contribution in [2.45, 2.75) is 0 Å². The van der Waals surface area contributed by atoms with E-state index < -0.39 is 0 Å². The van der Waals surface area contributed by atoms with Crippen molar-refractivity contribution in [1.82, 2.24) is 0 Å². The third-order valence-electron chi connectivity index (χ3n) is 3.52. The van der Waals surface area contributed by atoms with Gasteiger partial charge in [-0.15, -0.1) is 0 Å². The summed E-state index contributed by atoms with van der Waals surface area (Å²) in [6.45, 7) is 1.01. The van der Waals surface area contributed by atoms with E-state index in [1.165, 1.54) is 0 Å². The molecule has 2 aromatic carbocycles. The van der Waals surface area contributed by atoms with Gasteiger partial charge in [0.15, 0.2) is 23.0 Å². The first-order chi connectivity index (χ1) is 11.2. The van der Waals surface area contributed by atoms with Gasteiger partial charge in [-0.25, -0.2) is 0 Å². The first kappa shape index (κ1) is 14.0. The Morgan fingerprint density at radius 3 is 2.65 bits per heavy atom. The van der Waals surface area contributed by atoms with Gasteiger partial charge in [0.2, 0.25) is 6.79 Å². The third-order valence-corrected chi connectivity index (χ3v) is 3.83. The molecule has 118 valence electrons. The number of ether oxygens (including phenoxy) is 4. The highest BCUT2D eigenvalue weighted by Crippen LogP contribution is 2.40. The summed E-state index contributed by atoms with van der Waals surface area (Å²) >= 11 is 6.18. The Bertz CT molecular complexity index is 792. The fraction of sp³-hybridized carbons (Fsp3) is 0.188. The van der Waals surface area contributed by atoms with E-state index in [4.69, 9.17) is 30.5 Å². The molecule has 2 aliphatic heterocycles. The number of rotatable bonds is 2. The molecular formula is C16H12ClNO5. The lowest BCUT2D eigenvalue weighted by atomic mass is 10.1. The molecule has 0 atom stereocenters. The van der Waals surface area contributed by atoms with Crippen molar-refractivity contribution >= 4 is 23.2 Å². The van der Waals surface area contributed by atoms with E-state index in [-0.39, 0.29) is 12.7 Å². The molecule has 1 N–H and O–H groups in total. The molecular weight excluding hydrogens is 322 g/mol. The largest absolute Gasteiger partial charge is 0.486 e. The van der Waals surface area contributed by atoms with E-state index in [0.29, 0.717) is 52.5 Å². The van der Waals surface area contributed by atoms with Gasteiger partial charge >= 0.3 is 0 Å². The van der Waals surface area contributed by atoms with Crippen molar-refractivity contribution in [2.24, 2.45) is 0 Å². The van der Waals surface area contributed by atoms with Gasteiger partial charge in [0.05, 0.1) is 16.3 Å². The average molecular weight is 334 g/mol. The van der Waals surface area contributed by atoms with Gasteiger partial charge in [0.25, 0.3) is 5.91 Å². The molecule has 0 fully saturated rings. The first-order valence-corrected chi connectivity index (χ1v) is 7.39. The molecule has 0 spiro atoms. The van der Waals surface area contributed by atoms with E-state index in [2.05, 4.69) is 5.32 Å². The lowest BCUT2D eigenvalue weighted by molar-refractivity contribution is 0.101. The molecule has 2 aliphatic rings. The van der Waals surface area contributed by atoms with E-state index in [1.807, 2.05) is 0 Å². The maximum Gasteiger partial charge on any atom is 0.259 e. The van der Waals surface area contributed by atoms with E-state index in [9.17, 15) is 4.79 Å². The summed E-state index contributed by atoms with van der Waals surface area (Å²) in [6.07, 6.45) is 0. The van der Waals surface area contributed by atoms with Crippen LogP contribution in [0, 0.1) is 0 Å². The van der Waals surface area contributed by atoms with Crippen LogP contribution in [0.25, 0.3) is 0 Å². The molecule has 7 heteroatoms. The predicted molar refractivity (Wildman–Crippen MR) is 83.0 cm³/mol. The zero-order valence-electron chi connectivity index (χ0n) is 11.9. The average Bonchev–Trinajstić information content (AvgIpc) is 3.01. The van der Waals surface area contributed by atoms with Crippen molar-refractivity contribution < 1.29 is 23.7 Å². The van der Waals surface area contributed by atoms with Crippen LogP contribution < -0.4 is 24.3 Å². The molecule has 0 aliphatic carbocycles. The monoisotopic (exact) mass is 333 g/mol. The Balaban J connectivity index is 1.64. The number of para-hydroxylation sites is 1. The predicted octanol–water partition coefficient (Wildman–Crippen LogP) is 3.09. The summed E-state index contributed by atoms with van der Waals surface area (Å²) in [6, 6.07) is 8.42. The summed E-state index contributed by atoms with van der Waals surface area (Å²) < 4.78 is 21.6. The lowest BCUT2D eigenvalue weighted by Gasteiger charge is -2.20. The quantitative estimate of drug-likeness (QED) is 0.914. The van der Waals surface area contributed by atoms with Crippen molar-refractivity contribution in [3.63, 3.8) is 0 Å². The molecule has 0 saturated heterocycles. The summed E-state index contributed by atoms with van der Waals surface area (Å²) in [5.74, 6) is 1.75. The Kier molecular flexibility index (Phi) is 3.38. The van der Waals surface area contributed by atoms with Gasteiger partial charge in [-0.1, -0.05) is 17.7 Å². The number of hydrogen-bond donors (Lipinski definition) is 1. The Morgan fingerprint density at radius 2 is 1.78 bits per heavy atom. The Morgan fingerprint density at radius 1 is 1.00 bits per heavy atom. The number of amides is 1. The molecule has 0 saturated carbocycles. The highest BCUT2D eigenvalue weighted by atomic mass is 35.5. The van der Waals surface area contributed by atoms with Crippen LogP contribution in [0.3, 0.4) is 0 Å². The third kappa shape index (κ3) is 2.51. The summed E-state index contributed by atoms with van der Waals surface area (Å²) in [5, 5.41) is 3.13. The number of nitrogens with one attached hydrogen (secondary N) is 1. The topological polar surface area (TPSA) is 66.0 Å². The molecule has 0 bridgehead atoms. The van der Waals surface area contributed by atoms with E-state index in [0.717, 1.165) is 0 Å². The van der Waals surface area contributed by atoms with Crippen molar-refractivity contribution in [3.8, 4) is 23.0 Å². The van der Waals surface area contributed by atoms with Crippen LogP contribution in [0.5, 0.6) is 23.0 Å². The minimum atomic E-state index is -0.340. The minimum absolute atomic E-state index is 0.139. The second-order valence-electron chi connectivity index (χ2n) is 4.97. The minimum Gasteiger partial charge on any atom is -0.486 e. The lowest BCUT2D eigenvalue weighted by Crippen LogP contribution is -2.20. The standard InChI is InChI=1S/C16H12ClNO5/c17-10-6-13-14(23-8-22-13)7-11(10)18-16(19)9-2-1-3-12-15(9)21-5-4-20-12/h1-3,6-7H,4-5,8H2,(H,18,19). The first-order valence-electron chi connectivity index (χ1n) is 7.01. The fourth-order valence-electron chi connectivity index (χ4n) is 2.46. The maximum atomic E-state index is 12.6. The Labute approximate surface area is 136 Å². The fourth-order valence-corrected chi connectivity index (χ4v) is 2.66. The number of carbonyl (C=O) groups excluding carboxylic acids is 1. The Hall–Kier alpha value is -2.60.